The molecule has 0 saturated carbocycles. The fourth-order valence-electron chi connectivity index (χ4n) is 5.05. The molecule has 2 amide bonds. The van der Waals surface area contributed by atoms with Crippen molar-refractivity contribution in [3.63, 3.8) is 0 Å². The normalized spacial score (nSPS) is 12.4. The van der Waals surface area contributed by atoms with Crippen LogP contribution in [0, 0.1) is 0 Å². The summed E-state index contributed by atoms with van der Waals surface area (Å²) in [5.74, 6) is -0.168. The Bertz CT molecular complexity index is 1760. The zero-order valence-electron chi connectivity index (χ0n) is 26.9. The smallest absolute Gasteiger partial charge is 0.264 e. The molecule has 0 aliphatic rings. The summed E-state index contributed by atoms with van der Waals surface area (Å²) >= 11 is 6.36. The van der Waals surface area contributed by atoms with Crippen LogP contribution in [0.1, 0.15) is 31.4 Å². The third-order valence-electron chi connectivity index (χ3n) is 7.78. The first-order valence-electron chi connectivity index (χ1n) is 15.2. The topological polar surface area (TPSA) is 105 Å². The van der Waals surface area contributed by atoms with Crippen LogP contribution in [0.25, 0.3) is 0 Å². The molecule has 0 aromatic heterocycles. The zero-order chi connectivity index (χ0) is 34.0. The molecular formula is C36H40ClN3O6S. The summed E-state index contributed by atoms with van der Waals surface area (Å²) in [5, 5.41) is 3.29. The van der Waals surface area contributed by atoms with Crippen LogP contribution in [0.2, 0.25) is 5.02 Å². The van der Waals surface area contributed by atoms with Crippen LogP contribution in [0.5, 0.6) is 11.5 Å². The number of amides is 2. The summed E-state index contributed by atoms with van der Waals surface area (Å²) in [6.07, 6.45) is 0.885. The number of methoxy groups -OCH3 is 2. The number of halogens is 1. The third kappa shape index (κ3) is 9.05. The van der Waals surface area contributed by atoms with E-state index in [9.17, 15) is 18.0 Å². The molecule has 0 spiro atoms. The third-order valence-corrected chi connectivity index (χ3v) is 9.79. The fraction of sp³-hybridized carbons (Fsp3) is 0.278. The van der Waals surface area contributed by atoms with Crippen molar-refractivity contribution in [1.29, 1.82) is 0 Å². The molecule has 4 aromatic rings. The number of nitrogens with one attached hydrogen (secondary N) is 1. The van der Waals surface area contributed by atoms with Crippen molar-refractivity contribution in [3.8, 4) is 11.5 Å². The van der Waals surface area contributed by atoms with Gasteiger partial charge in [0.05, 0.1) is 24.8 Å². The Hall–Kier alpha value is -4.54. The molecule has 4 aromatic carbocycles. The number of hydrogen-bond donors (Lipinski definition) is 1. The molecule has 0 fully saturated rings. The van der Waals surface area contributed by atoms with Gasteiger partial charge in [-0.05, 0) is 66.9 Å². The number of anilines is 1. The molecular weight excluding hydrogens is 638 g/mol. The van der Waals surface area contributed by atoms with E-state index in [0.717, 1.165) is 9.87 Å². The second-order valence-corrected chi connectivity index (χ2v) is 13.3. The average molecular weight is 678 g/mol. The van der Waals surface area contributed by atoms with Crippen molar-refractivity contribution in [3.05, 3.63) is 119 Å². The van der Waals surface area contributed by atoms with Gasteiger partial charge in [-0.3, -0.25) is 13.9 Å². The summed E-state index contributed by atoms with van der Waals surface area (Å²) < 4.78 is 40.4. The summed E-state index contributed by atoms with van der Waals surface area (Å²) in [6, 6.07) is 27.8. The van der Waals surface area contributed by atoms with Gasteiger partial charge in [-0.15, -0.1) is 0 Å². The van der Waals surface area contributed by atoms with E-state index < -0.39 is 28.5 Å². The SMILES string of the molecule is CC[C@H](C)NC(=O)[C@H](Cc1ccccc1)N(Cc1cccc(OC)c1)C(=O)CN(c1cc(Cl)ccc1OC)S(=O)(=O)c1ccccc1. The maximum atomic E-state index is 14.7. The van der Waals surface area contributed by atoms with E-state index in [1.807, 2.05) is 50.2 Å². The van der Waals surface area contributed by atoms with Gasteiger partial charge in [0.2, 0.25) is 11.8 Å². The lowest BCUT2D eigenvalue weighted by atomic mass is 10.0. The molecule has 0 heterocycles. The second kappa shape index (κ2) is 16.3. The molecule has 47 heavy (non-hydrogen) atoms. The zero-order valence-corrected chi connectivity index (χ0v) is 28.5. The van der Waals surface area contributed by atoms with Gasteiger partial charge in [-0.2, -0.15) is 0 Å². The highest BCUT2D eigenvalue weighted by Gasteiger charge is 2.36. The quantitative estimate of drug-likeness (QED) is 0.163. The minimum atomic E-state index is -4.32. The Balaban J connectivity index is 1.86. The highest BCUT2D eigenvalue weighted by Crippen LogP contribution is 2.35. The summed E-state index contributed by atoms with van der Waals surface area (Å²) in [6.45, 7) is 3.22. The number of sulfonamides is 1. The van der Waals surface area contributed by atoms with Gasteiger partial charge in [-0.1, -0.05) is 79.2 Å². The van der Waals surface area contributed by atoms with Gasteiger partial charge >= 0.3 is 0 Å². The Morgan fingerprint density at radius 1 is 0.851 bits per heavy atom. The minimum Gasteiger partial charge on any atom is -0.497 e. The number of benzene rings is 4. The van der Waals surface area contributed by atoms with Crippen LogP contribution in [0.15, 0.2) is 108 Å². The molecule has 0 aliphatic carbocycles. The lowest BCUT2D eigenvalue weighted by Crippen LogP contribution is -2.54. The van der Waals surface area contributed by atoms with Crippen molar-refractivity contribution >= 4 is 39.1 Å². The number of rotatable bonds is 15. The molecule has 0 aliphatic heterocycles. The molecule has 4 rings (SSSR count). The van der Waals surface area contributed by atoms with E-state index in [0.29, 0.717) is 17.7 Å². The number of hydrogen-bond acceptors (Lipinski definition) is 6. The molecule has 0 saturated heterocycles. The molecule has 0 radical (unpaired) electrons. The van der Waals surface area contributed by atoms with Crippen LogP contribution in [-0.4, -0.2) is 58.0 Å². The van der Waals surface area contributed by atoms with Crippen molar-refractivity contribution in [2.75, 3.05) is 25.1 Å². The van der Waals surface area contributed by atoms with Gasteiger partial charge in [0.1, 0.15) is 24.1 Å². The van der Waals surface area contributed by atoms with Gasteiger partial charge < -0.3 is 19.7 Å². The highest BCUT2D eigenvalue weighted by atomic mass is 35.5. The second-order valence-electron chi connectivity index (χ2n) is 11.0. The summed E-state index contributed by atoms with van der Waals surface area (Å²) in [7, 11) is -1.36. The van der Waals surface area contributed by atoms with E-state index in [1.54, 1.807) is 55.6 Å². The summed E-state index contributed by atoms with van der Waals surface area (Å²) in [4.78, 5) is 30.1. The predicted octanol–water partition coefficient (Wildman–Crippen LogP) is 6.11. The Kier molecular flexibility index (Phi) is 12.3. The lowest BCUT2D eigenvalue weighted by Gasteiger charge is -2.34. The number of ether oxygens (including phenoxy) is 2. The van der Waals surface area contributed by atoms with Crippen molar-refractivity contribution in [2.24, 2.45) is 0 Å². The van der Waals surface area contributed by atoms with Crippen LogP contribution in [-0.2, 0) is 32.6 Å². The van der Waals surface area contributed by atoms with Crippen molar-refractivity contribution < 1.29 is 27.5 Å². The number of nitrogens with zero attached hydrogens (tertiary/aromatic N) is 2. The van der Waals surface area contributed by atoms with Crippen molar-refractivity contribution in [2.45, 2.75) is 50.2 Å². The maximum Gasteiger partial charge on any atom is 0.264 e. The molecule has 9 nitrogen and oxygen atoms in total. The monoisotopic (exact) mass is 677 g/mol. The molecule has 1 N–H and O–H groups in total. The van der Waals surface area contributed by atoms with Crippen molar-refractivity contribution in [1.82, 2.24) is 10.2 Å². The first-order chi connectivity index (χ1) is 22.6. The van der Waals surface area contributed by atoms with Crippen LogP contribution in [0.4, 0.5) is 5.69 Å². The van der Waals surface area contributed by atoms with Crippen LogP contribution in [0.3, 0.4) is 0 Å². The molecule has 0 unspecified atom stereocenters. The Morgan fingerprint density at radius 3 is 2.15 bits per heavy atom. The standard InChI is InChI=1S/C36H40ClN3O6S/c1-5-26(2)38-36(42)33(22-27-13-8-6-9-14-27)39(24-28-15-12-16-30(21-28)45-3)35(41)25-40(32-23-29(37)19-20-34(32)46-4)47(43,44)31-17-10-7-11-18-31/h6-21,23,26,33H,5,22,24-25H2,1-4H3,(H,38,42)/t26-,33-/m0/s1. The minimum absolute atomic E-state index is 0.00731. The largest absolute Gasteiger partial charge is 0.497 e. The molecule has 11 heteroatoms. The van der Waals surface area contributed by atoms with E-state index in [-0.39, 0.29) is 46.3 Å². The van der Waals surface area contributed by atoms with Gasteiger partial charge in [0.15, 0.2) is 0 Å². The van der Waals surface area contributed by atoms with Gasteiger partial charge in [0, 0.05) is 24.0 Å². The van der Waals surface area contributed by atoms with Crippen LogP contribution >= 0.6 is 11.6 Å². The fourth-order valence-corrected chi connectivity index (χ4v) is 6.66. The Morgan fingerprint density at radius 2 is 1.51 bits per heavy atom. The lowest BCUT2D eigenvalue weighted by molar-refractivity contribution is -0.140. The van der Waals surface area contributed by atoms with E-state index in [1.165, 1.54) is 30.2 Å². The summed E-state index contributed by atoms with van der Waals surface area (Å²) in [5.41, 5.74) is 1.62. The number of carbonyl (C=O) groups excluding carboxylic acids is 2. The predicted molar refractivity (Wildman–Crippen MR) is 184 cm³/mol. The first-order valence-corrected chi connectivity index (χ1v) is 17.1. The molecule has 0 bridgehead atoms. The van der Waals surface area contributed by atoms with E-state index in [4.69, 9.17) is 21.1 Å². The highest BCUT2D eigenvalue weighted by molar-refractivity contribution is 7.92. The van der Waals surface area contributed by atoms with E-state index in [2.05, 4.69) is 5.32 Å². The average Bonchev–Trinajstić information content (AvgIpc) is 3.09. The Labute approximate surface area is 282 Å². The van der Waals surface area contributed by atoms with Gasteiger partial charge in [-0.25, -0.2) is 8.42 Å². The molecule has 2 atom stereocenters. The van der Waals surface area contributed by atoms with Gasteiger partial charge in [0.25, 0.3) is 10.0 Å². The van der Waals surface area contributed by atoms with E-state index >= 15 is 0 Å². The maximum absolute atomic E-state index is 14.7. The first kappa shape index (κ1) is 35.3. The number of carbonyl (C=O) groups is 2. The molecule has 248 valence electrons. The van der Waals surface area contributed by atoms with Crippen LogP contribution < -0.4 is 19.1 Å².